The zero-order valence-electron chi connectivity index (χ0n) is 12.2. The Labute approximate surface area is 120 Å². The molecule has 1 fully saturated rings. The summed E-state index contributed by atoms with van der Waals surface area (Å²) in [5, 5.41) is 19.2. The van der Waals surface area contributed by atoms with Crippen LogP contribution in [0.3, 0.4) is 0 Å². The van der Waals surface area contributed by atoms with Gasteiger partial charge in [0.1, 0.15) is 0 Å². The number of rotatable bonds is 10. The minimum atomic E-state index is -0.873. The summed E-state index contributed by atoms with van der Waals surface area (Å²) in [5.41, 5.74) is -0.873. The van der Waals surface area contributed by atoms with Gasteiger partial charge in [0, 0.05) is 20.3 Å². The summed E-state index contributed by atoms with van der Waals surface area (Å²) in [6.45, 7) is 2.52. The third-order valence-corrected chi connectivity index (χ3v) is 3.65. The van der Waals surface area contributed by atoms with Gasteiger partial charge in [-0.3, -0.25) is 4.79 Å². The number of hydrogen-bond acceptors (Lipinski definition) is 5. The molecule has 6 nitrogen and oxygen atoms in total. The van der Waals surface area contributed by atoms with Crippen molar-refractivity contribution in [1.29, 1.82) is 0 Å². The molecule has 0 radical (unpaired) electrons. The van der Waals surface area contributed by atoms with Crippen LogP contribution in [-0.2, 0) is 19.0 Å². The molecule has 0 amide bonds. The van der Waals surface area contributed by atoms with Crippen molar-refractivity contribution < 1.29 is 29.2 Å². The molecule has 1 saturated carbocycles. The van der Waals surface area contributed by atoms with Gasteiger partial charge in [-0.2, -0.15) is 0 Å². The summed E-state index contributed by atoms with van der Waals surface area (Å²) in [6, 6.07) is 0. The fraction of sp³-hybridized carbons (Fsp3) is 0.929. The smallest absolute Gasteiger partial charge is 0.306 e. The Hall–Kier alpha value is -0.690. The Bertz CT molecular complexity index is 273. The number of carboxylic acid groups (broad SMARTS) is 1. The van der Waals surface area contributed by atoms with Gasteiger partial charge in [0.15, 0.2) is 0 Å². The lowest BCUT2D eigenvalue weighted by Crippen LogP contribution is -2.40. The molecule has 0 unspecified atom stereocenters. The highest BCUT2D eigenvalue weighted by Gasteiger charge is 2.35. The number of aliphatic hydroxyl groups is 1. The first-order valence-electron chi connectivity index (χ1n) is 7.17. The van der Waals surface area contributed by atoms with E-state index in [9.17, 15) is 9.90 Å². The lowest BCUT2D eigenvalue weighted by molar-refractivity contribution is -0.146. The number of ether oxygens (including phenoxy) is 3. The van der Waals surface area contributed by atoms with E-state index in [0.29, 0.717) is 52.1 Å². The first-order valence-corrected chi connectivity index (χ1v) is 7.17. The van der Waals surface area contributed by atoms with Gasteiger partial charge in [-0.15, -0.1) is 0 Å². The summed E-state index contributed by atoms with van der Waals surface area (Å²) in [5.74, 6) is -1.09. The molecule has 0 spiro atoms. The molecule has 0 aromatic carbocycles. The minimum absolute atomic E-state index is 0.251. The van der Waals surface area contributed by atoms with Crippen molar-refractivity contribution in [3.8, 4) is 0 Å². The molecular weight excluding hydrogens is 264 g/mol. The predicted octanol–water partition coefficient (Wildman–Crippen LogP) is 1.06. The van der Waals surface area contributed by atoms with Gasteiger partial charge in [-0.25, -0.2) is 0 Å². The van der Waals surface area contributed by atoms with Gasteiger partial charge in [0.2, 0.25) is 0 Å². The van der Waals surface area contributed by atoms with E-state index in [-0.39, 0.29) is 12.5 Å². The van der Waals surface area contributed by atoms with Crippen LogP contribution < -0.4 is 0 Å². The summed E-state index contributed by atoms with van der Waals surface area (Å²) < 4.78 is 15.7. The molecule has 0 heterocycles. The average molecular weight is 290 g/mol. The fourth-order valence-corrected chi connectivity index (χ4v) is 2.33. The van der Waals surface area contributed by atoms with E-state index in [1.165, 1.54) is 0 Å². The predicted molar refractivity (Wildman–Crippen MR) is 72.7 cm³/mol. The lowest BCUT2D eigenvalue weighted by atomic mass is 9.79. The van der Waals surface area contributed by atoms with Crippen molar-refractivity contribution in [1.82, 2.24) is 0 Å². The molecule has 0 atom stereocenters. The molecule has 0 bridgehead atoms. The number of carbonyl (C=O) groups is 1. The van der Waals surface area contributed by atoms with Crippen LogP contribution in [0.15, 0.2) is 0 Å². The van der Waals surface area contributed by atoms with Crippen LogP contribution in [0, 0.1) is 5.92 Å². The highest BCUT2D eigenvalue weighted by molar-refractivity contribution is 5.70. The summed E-state index contributed by atoms with van der Waals surface area (Å²) >= 11 is 0. The molecule has 20 heavy (non-hydrogen) atoms. The third kappa shape index (κ3) is 6.65. The zero-order chi connectivity index (χ0) is 14.8. The van der Waals surface area contributed by atoms with Crippen molar-refractivity contribution >= 4 is 5.97 Å². The summed E-state index contributed by atoms with van der Waals surface area (Å²) in [4.78, 5) is 10.8. The van der Waals surface area contributed by atoms with Crippen LogP contribution in [0.4, 0.5) is 0 Å². The maximum atomic E-state index is 10.8. The molecule has 1 aliphatic carbocycles. The number of methoxy groups -OCH3 is 1. The Kier molecular flexibility index (Phi) is 8.06. The van der Waals surface area contributed by atoms with Crippen LogP contribution in [-0.4, -0.2) is 61.9 Å². The highest BCUT2D eigenvalue weighted by atomic mass is 16.5. The minimum Gasteiger partial charge on any atom is -0.481 e. The van der Waals surface area contributed by atoms with Crippen molar-refractivity contribution in [2.75, 3.05) is 40.1 Å². The topological polar surface area (TPSA) is 85.2 Å². The lowest BCUT2D eigenvalue weighted by Gasteiger charge is -2.34. The third-order valence-electron chi connectivity index (χ3n) is 3.65. The Morgan fingerprint density at radius 2 is 1.80 bits per heavy atom. The monoisotopic (exact) mass is 290 g/mol. The van der Waals surface area contributed by atoms with Crippen molar-refractivity contribution in [2.24, 2.45) is 5.92 Å². The second kappa shape index (κ2) is 9.28. The average Bonchev–Trinajstić information content (AvgIpc) is 2.42. The largest absolute Gasteiger partial charge is 0.481 e. The maximum absolute atomic E-state index is 10.8. The number of aliphatic carboxylic acids is 1. The van der Waals surface area contributed by atoms with Gasteiger partial charge in [0.25, 0.3) is 0 Å². The highest BCUT2D eigenvalue weighted by Crippen LogP contribution is 2.32. The second-order valence-corrected chi connectivity index (χ2v) is 5.35. The summed E-state index contributed by atoms with van der Waals surface area (Å²) in [6.07, 6.45) is 2.86. The molecule has 6 heteroatoms. The quantitative estimate of drug-likeness (QED) is 0.585. The summed E-state index contributed by atoms with van der Waals surface area (Å²) in [7, 11) is 1.66. The van der Waals surface area contributed by atoms with Gasteiger partial charge < -0.3 is 24.4 Å². The van der Waals surface area contributed by atoms with E-state index in [0.717, 1.165) is 6.42 Å². The molecule has 0 aromatic rings. The Morgan fingerprint density at radius 3 is 2.40 bits per heavy atom. The van der Waals surface area contributed by atoms with E-state index in [1.807, 2.05) is 0 Å². The molecule has 1 aliphatic rings. The molecule has 0 aliphatic heterocycles. The SMILES string of the molecule is COCCCOCCOCC1(O)CCC(C(=O)O)CC1. The standard InChI is InChI=1S/C14H26O6/c1-18-7-2-8-19-9-10-20-11-14(17)5-3-12(4-6-14)13(15)16/h12,17H,2-11H2,1H3,(H,15,16). The Morgan fingerprint density at radius 1 is 1.15 bits per heavy atom. The Balaban J connectivity index is 2.03. The van der Waals surface area contributed by atoms with Crippen LogP contribution in [0.2, 0.25) is 0 Å². The van der Waals surface area contributed by atoms with E-state index >= 15 is 0 Å². The fourth-order valence-electron chi connectivity index (χ4n) is 2.33. The van der Waals surface area contributed by atoms with Crippen LogP contribution in [0.5, 0.6) is 0 Å². The van der Waals surface area contributed by atoms with Crippen LogP contribution in [0.25, 0.3) is 0 Å². The number of hydrogen-bond donors (Lipinski definition) is 2. The zero-order valence-corrected chi connectivity index (χ0v) is 12.2. The molecule has 0 saturated heterocycles. The maximum Gasteiger partial charge on any atom is 0.306 e. The molecule has 118 valence electrons. The van der Waals surface area contributed by atoms with E-state index < -0.39 is 11.6 Å². The molecule has 2 N–H and O–H groups in total. The van der Waals surface area contributed by atoms with Crippen molar-refractivity contribution in [2.45, 2.75) is 37.7 Å². The van der Waals surface area contributed by atoms with Gasteiger partial charge in [-0.1, -0.05) is 0 Å². The molecule has 1 rings (SSSR count). The van der Waals surface area contributed by atoms with Gasteiger partial charge in [-0.05, 0) is 32.1 Å². The normalized spacial score (nSPS) is 26.6. The van der Waals surface area contributed by atoms with E-state index in [4.69, 9.17) is 19.3 Å². The van der Waals surface area contributed by atoms with Crippen molar-refractivity contribution in [3.05, 3.63) is 0 Å². The van der Waals surface area contributed by atoms with Gasteiger partial charge >= 0.3 is 5.97 Å². The van der Waals surface area contributed by atoms with E-state index in [1.54, 1.807) is 7.11 Å². The van der Waals surface area contributed by atoms with Crippen LogP contribution >= 0.6 is 0 Å². The second-order valence-electron chi connectivity index (χ2n) is 5.35. The first-order chi connectivity index (χ1) is 9.57. The molecule has 0 aromatic heterocycles. The number of carboxylic acids is 1. The first kappa shape index (κ1) is 17.4. The van der Waals surface area contributed by atoms with Crippen LogP contribution in [0.1, 0.15) is 32.1 Å². The van der Waals surface area contributed by atoms with E-state index in [2.05, 4.69) is 0 Å². The molecular formula is C14H26O6. The van der Waals surface area contributed by atoms with Crippen molar-refractivity contribution in [3.63, 3.8) is 0 Å². The van der Waals surface area contributed by atoms with Gasteiger partial charge in [0.05, 0.1) is 31.3 Å².